The number of hydrogen-bond acceptors (Lipinski definition) is 4. The van der Waals surface area contributed by atoms with Gasteiger partial charge in [-0.1, -0.05) is 54.1 Å². The zero-order chi connectivity index (χ0) is 18.9. The van der Waals surface area contributed by atoms with Gasteiger partial charge in [0.25, 0.3) is 0 Å². The van der Waals surface area contributed by atoms with Crippen molar-refractivity contribution < 1.29 is 23.8 Å². The highest BCUT2D eigenvalue weighted by Crippen LogP contribution is 2.24. The van der Waals surface area contributed by atoms with Crippen molar-refractivity contribution in [2.45, 2.75) is 18.4 Å². The molecular weight excluding hydrogens is 381 g/mol. The molecule has 138 valence electrons. The Labute approximate surface area is 159 Å². The molecule has 2 N–H and O–H groups in total. The minimum Gasteiger partial charge on any atom is -0.480 e. The Bertz CT molecular complexity index is 760. The number of thioether (sulfide) groups is 1. The zero-order valence-electron chi connectivity index (χ0n) is 13.7. The van der Waals surface area contributed by atoms with Crippen LogP contribution in [0.1, 0.15) is 11.1 Å². The molecule has 2 aromatic rings. The molecule has 0 aliphatic carbocycles. The molecule has 0 radical (unpaired) electrons. The van der Waals surface area contributed by atoms with E-state index in [1.54, 1.807) is 18.2 Å². The smallest absolute Gasteiger partial charge is 0.408 e. The summed E-state index contributed by atoms with van der Waals surface area (Å²) in [6, 6.07) is 12.4. The lowest BCUT2D eigenvalue weighted by Crippen LogP contribution is -2.42. The normalized spacial score (nSPS) is 11.6. The van der Waals surface area contributed by atoms with Crippen LogP contribution in [-0.2, 0) is 21.9 Å². The fourth-order valence-electron chi connectivity index (χ4n) is 2.03. The van der Waals surface area contributed by atoms with Crippen molar-refractivity contribution in [3.05, 3.63) is 70.5 Å². The van der Waals surface area contributed by atoms with Crippen molar-refractivity contribution in [2.75, 3.05) is 5.75 Å². The van der Waals surface area contributed by atoms with E-state index in [9.17, 15) is 19.1 Å². The van der Waals surface area contributed by atoms with Gasteiger partial charge in [0.1, 0.15) is 18.5 Å². The van der Waals surface area contributed by atoms with Gasteiger partial charge in [-0.3, -0.25) is 0 Å². The van der Waals surface area contributed by atoms with Crippen molar-refractivity contribution in [3.63, 3.8) is 0 Å². The molecule has 2 aromatic carbocycles. The van der Waals surface area contributed by atoms with E-state index in [4.69, 9.17) is 16.3 Å². The maximum atomic E-state index is 13.4. The summed E-state index contributed by atoms with van der Waals surface area (Å²) in [6.07, 6.45) is -0.814. The van der Waals surface area contributed by atoms with Crippen LogP contribution in [0, 0.1) is 5.82 Å². The first kappa shape index (κ1) is 20.1. The number of benzene rings is 2. The van der Waals surface area contributed by atoms with Crippen molar-refractivity contribution in [2.24, 2.45) is 0 Å². The quantitative estimate of drug-likeness (QED) is 0.701. The molecule has 1 unspecified atom stereocenters. The third kappa shape index (κ3) is 6.24. The van der Waals surface area contributed by atoms with Gasteiger partial charge >= 0.3 is 12.1 Å². The molecule has 0 spiro atoms. The summed E-state index contributed by atoms with van der Waals surface area (Å²) in [5.41, 5.74) is 1.36. The van der Waals surface area contributed by atoms with E-state index < -0.39 is 23.9 Å². The molecule has 0 aromatic heterocycles. The highest BCUT2D eigenvalue weighted by molar-refractivity contribution is 7.98. The molecule has 0 saturated carbocycles. The third-order valence-electron chi connectivity index (χ3n) is 3.38. The lowest BCUT2D eigenvalue weighted by Gasteiger charge is -2.14. The summed E-state index contributed by atoms with van der Waals surface area (Å²) < 4.78 is 18.4. The lowest BCUT2D eigenvalue weighted by molar-refractivity contribution is -0.138. The van der Waals surface area contributed by atoms with Gasteiger partial charge in [0.2, 0.25) is 0 Å². The van der Waals surface area contributed by atoms with Crippen LogP contribution in [0.25, 0.3) is 0 Å². The molecule has 0 aliphatic rings. The number of carboxylic acids is 1. The maximum absolute atomic E-state index is 13.4. The minimum atomic E-state index is -1.18. The molecule has 0 heterocycles. The number of halogens is 2. The van der Waals surface area contributed by atoms with Crippen molar-refractivity contribution in [1.29, 1.82) is 0 Å². The molecule has 0 fully saturated rings. The Morgan fingerprint density at radius 3 is 2.62 bits per heavy atom. The minimum absolute atomic E-state index is 0.0158. The lowest BCUT2D eigenvalue weighted by atomic mass is 10.2. The highest BCUT2D eigenvalue weighted by Gasteiger charge is 2.21. The third-order valence-corrected chi connectivity index (χ3v) is 4.88. The van der Waals surface area contributed by atoms with Crippen molar-refractivity contribution in [3.8, 4) is 0 Å². The average Bonchev–Trinajstić information content (AvgIpc) is 2.63. The van der Waals surface area contributed by atoms with E-state index in [-0.39, 0.29) is 17.4 Å². The van der Waals surface area contributed by atoms with Crippen LogP contribution in [-0.4, -0.2) is 29.0 Å². The summed E-state index contributed by atoms with van der Waals surface area (Å²) in [6.45, 7) is 0.0467. The Balaban J connectivity index is 1.81. The van der Waals surface area contributed by atoms with Gasteiger partial charge in [0.15, 0.2) is 0 Å². The molecule has 5 nitrogen and oxygen atoms in total. The SMILES string of the molecule is O=C(NC(CSCc1cccc(F)c1Cl)C(=O)O)OCc1ccccc1. The van der Waals surface area contributed by atoms with Crippen LogP contribution >= 0.6 is 23.4 Å². The van der Waals surface area contributed by atoms with Gasteiger partial charge < -0.3 is 15.2 Å². The fourth-order valence-corrected chi connectivity index (χ4v) is 3.34. The summed E-state index contributed by atoms with van der Waals surface area (Å²) in [4.78, 5) is 23.1. The van der Waals surface area contributed by atoms with E-state index in [1.165, 1.54) is 23.9 Å². The van der Waals surface area contributed by atoms with Crippen molar-refractivity contribution in [1.82, 2.24) is 5.32 Å². The zero-order valence-corrected chi connectivity index (χ0v) is 15.2. The molecule has 0 bridgehead atoms. The second-order valence-electron chi connectivity index (χ2n) is 5.32. The molecule has 0 saturated heterocycles. The predicted molar refractivity (Wildman–Crippen MR) is 98.8 cm³/mol. The summed E-state index contributed by atoms with van der Waals surface area (Å²) in [5.74, 6) is -1.30. The topological polar surface area (TPSA) is 75.6 Å². The van der Waals surface area contributed by atoms with Gasteiger partial charge in [-0.15, -0.1) is 0 Å². The number of alkyl carbamates (subject to hydrolysis) is 1. The first-order valence-corrected chi connectivity index (χ1v) is 9.21. The summed E-state index contributed by atoms with van der Waals surface area (Å²) in [7, 11) is 0. The maximum Gasteiger partial charge on any atom is 0.408 e. The predicted octanol–water partition coefficient (Wildman–Crippen LogP) is 4.09. The fraction of sp³-hybridized carbons (Fsp3) is 0.222. The number of carbonyl (C=O) groups excluding carboxylic acids is 1. The van der Waals surface area contributed by atoms with Crippen LogP contribution in [0.15, 0.2) is 48.5 Å². The number of ether oxygens (including phenoxy) is 1. The largest absolute Gasteiger partial charge is 0.480 e. The Morgan fingerprint density at radius 2 is 1.92 bits per heavy atom. The van der Waals surface area contributed by atoms with Crippen LogP contribution in [0.4, 0.5) is 9.18 Å². The molecular formula is C18H17ClFNO4S. The molecule has 0 aliphatic heterocycles. The number of aliphatic carboxylic acids is 1. The van der Waals surface area contributed by atoms with Crippen LogP contribution in [0.2, 0.25) is 5.02 Å². The van der Waals surface area contributed by atoms with Gasteiger partial charge in [0, 0.05) is 11.5 Å². The van der Waals surface area contributed by atoms with Crippen LogP contribution in [0.3, 0.4) is 0 Å². The summed E-state index contributed by atoms with van der Waals surface area (Å²) in [5, 5.41) is 11.6. The molecule has 2 rings (SSSR count). The number of carboxylic acid groups (broad SMARTS) is 1. The average molecular weight is 398 g/mol. The number of hydrogen-bond donors (Lipinski definition) is 2. The Kier molecular flexibility index (Phi) is 7.74. The molecule has 8 heteroatoms. The monoisotopic (exact) mass is 397 g/mol. The first-order valence-electron chi connectivity index (χ1n) is 7.68. The van der Waals surface area contributed by atoms with Crippen LogP contribution in [0.5, 0.6) is 0 Å². The second kappa shape index (κ2) is 10.0. The molecule has 1 atom stereocenters. The Hall–Kier alpha value is -2.25. The van der Waals surface area contributed by atoms with E-state index >= 15 is 0 Å². The number of rotatable bonds is 8. The van der Waals surface area contributed by atoms with Gasteiger partial charge in [-0.2, -0.15) is 11.8 Å². The van der Waals surface area contributed by atoms with E-state index in [0.717, 1.165) is 5.56 Å². The first-order chi connectivity index (χ1) is 12.5. The number of amides is 1. The second-order valence-corrected chi connectivity index (χ2v) is 6.73. The van der Waals surface area contributed by atoms with Crippen LogP contribution < -0.4 is 5.32 Å². The van der Waals surface area contributed by atoms with Crippen molar-refractivity contribution >= 4 is 35.4 Å². The van der Waals surface area contributed by atoms with E-state index in [1.807, 2.05) is 18.2 Å². The number of carbonyl (C=O) groups is 2. The van der Waals surface area contributed by atoms with E-state index in [2.05, 4.69) is 5.32 Å². The summed E-state index contributed by atoms with van der Waals surface area (Å²) >= 11 is 7.08. The molecule has 26 heavy (non-hydrogen) atoms. The van der Waals surface area contributed by atoms with E-state index in [0.29, 0.717) is 11.3 Å². The standard InChI is InChI=1S/C18H17ClFNO4S/c19-16-13(7-4-8-14(16)20)10-26-11-15(17(22)23)21-18(24)25-9-12-5-2-1-3-6-12/h1-8,15H,9-11H2,(H,21,24)(H,22,23). The van der Waals surface area contributed by atoms with Gasteiger partial charge in [-0.05, 0) is 17.2 Å². The Morgan fingerprint density at radius 1 is 1.19 bits per heavy atom. The van der Waals surface area contributed by atoms with Gasteiger partial charge in [0.05, 0.1) is 5.02 Å². The highest BCUT2D eigenvalue weighted by atomic mass is 35.5. The number of nitrogens with one attached hydrogen (secondary N) is 1. The van der Waals surface area contributed by atoms with Gasteiger partial charge in [-0.25, -0.2) is 14.0 Å². The molecule has 1 amide bonds.